The number of hydrogen-bond donors (Lipinski definition) is 1. The van der Waals surface area contributed by atoms with Crippen LogP contribution in [0, 0.1) is 5.92 Å². The van der Waals surface area contributed by atoms with Gasteiger partial charge < -0.3 is 15.0 Å². The molecule has 2 aliphatic rings. The fourth-order valence-electron chi connectivity index (χ4n) is 4.61. The number of piperidine rings is 1. The Morgan fingerprint density at radius 1 is 1.15 bits per heavy atom. The van der Waals surface area contributed by atoms with E-state index in [0.29, 0.717) is 44.6 Å². The van der Waals surface area contributed by atoms with Crippen molar-refractivity contribution < 1.29 is 19.1 Å². The number of thioether (sulfide) groups is 1. The number of aromatic nitrogens is 1. The smallest absolute Gasteiger partial charge is 0.325 e. The summed E-state index contributed by atoms with van der Waals surface area (Å²) in [5.74, 6) is 1.05. The van der Waals surface area contributed by atoms with E-state index in [9.17, 15) is 14.4 Å². The Morgan fingerprint density at radius 2 is 1.82 bits per heavy atom. The van der Waals surface area contributed by atoms with Crippen molar-refractivity contribution >= 4 is 29.6 Å². The average molecular weight is 483 g/mol. The number of rotatable bonds is 8. The largest absolute Gasteiger partial charge is 0.497 e. The summed E-state index contributed by atoms with van der Waals surface area (Å²) in [7, 11) is 1.62. The van der Waals surface area contributed by atoms with Gasteiger partial charge in [0.1, 0.15) is 11.3 Å². The second kappa shape index (κ2) is 10.5. The summed E-state index contributed by atoms with van der Waals surface area (Å²) in [6.45, 7) is 3.33. The van der Waals surface area contributed by atoms with Crippen LogP contribution in [0.1, 0.15) is 25.3 Å². The van der Waals surface area contributed by atoms with Gasteiger partial charge in [0.05, 0.1) is 12.9 Å². The van der Waals surface area contributed by atoms with Gasteiger partial charge in [0.25, 0.3) is 5.91 Å². The van der Waals surface area contributed by atoms with Crippen LogP contribution in [0.5, 0.6) is 5.75 Å². The van der Waals surface area contributed by atoms with E-state index in [2.05, 4.69) is 10.3 Å². The fraction of sp³-hybridized carbons (Fsp3) is 0.440. The van der Waals surface area contributed by atoms with E-state index < -0.39 is 5.54 Å². The molecule has 0 aliphatic carbocycles. The van der Waals surface area contributed by atoms with Gasteiger partial charge in [0.2, 0.25) is 5.91 Å². The monoisotopic (exact) mass is 482 g/mol. The molecule has 8 nitrogen and oxygen atoms in total. The zero-order valence-electron chi connectivity index (χ0n) is 19.5. The number of imide groups is 1. The van der Waals surface area contributed by atoms with Gasteiger partial charge in [-0.3, -0.25) is 19.5 Å². The predicted octanol–water partition coefficient (Wildman–Crippen LogP) is 2.97. The van der Waals surface area contributed by atoms with Gasteiger partial charge in [-0.25, -0.2) is 4.79 Å². The Labute approximate surface area is 204 Å². The second-order valence-electron chi connectivity index (χ2n) is 8.81. The first kappa shape index (κ1) is 24.1. The highest BCUT2D eigenvalue weighted by Gasteiger charge is 2.52. The van der Waals surface area contributed by atoms with Crippen LogP contribution >= 0.6 is 11.8 Å². The molecule has 3 heterocycles. The topological polar surface area (TPSA) is 91.8 Å². The van der Waals surface area contributed by atoms with Crippen molar-refractivity contribution in [2.24, 2.45) is 5.92 Å². The number of methoxy groups -OCH3 is 1. The van der Waals surface area contributed by atoms with E-state index in [1.807, 2.05) is 48.2 Å². The molecule has 0 radical (unpaired) electrons. The van der Waals surface area contributed by atoms with E-state index in [-0.39, 0.29) is 23.8 Å². The van der Waals surface area contributed by atoms with Gasteiger partial charge >= 0.3 is 6.03 Å². The quantitative estimate of drug-likeness (QED) is 0.460. The molecule has 0 unspecified atom stereocenters. The number of ether oxygens (including phenoxy) is 1. The Kier molecular flexibility index (Phi) is 7.41. The highest BCUT2D eigenvalue weighted by Crippen LogP contribution is 2.34. The van der Waals surface area contributed by atoms with Crippen LogP contribution in [-0.2, 0) is 16.0 Å². The summed E-state index contributed by atoms with van der Waals surface area (Å²) in [6, 6.07) is 11.1. The highest BCUT2D eigenvalue weighted by molar-refractivity contribution is 8.00. The summed E-state index contributed by atoms with van der Waals surface area (Å²) in [6.07, 6.45) is 5.38. The first-order chi connectivity index (χ1) is 16.4. The lowest BCUT2D eigenvalue weighted by molar-refractivity contribution is -0.134. The molecule has 34 heavy (non-hydrogen) atoms. The molecule has 2 aromatic rings. The van der Waals surface area contributed by atoms with Crippen molar-refractivity contribution in [2.75, 3.05) is 32.5 Å². The molecule has 1 atom stereocenters. The molecule has 9 heteroatoms. The van der Waals surface area contributed by atoms with Crippen LogP contribution in [0.25, 0.3) is 0 Å². The minimum atomic E-state index is -0.933. The minimum Gasteiger partial charge on any atom is -0.497 e. The number of urea groups is 1. The Morgan fingerprint density at radius 3 is 2.47 bits per heavy atom. The number of carbonyl (C=O) groups excluding carboxylic acids is 3. The summed E-state index contributed by atoms with van der Waals surface area (Å²) in [5.41, 5.74) is 0.101. The third-order valence-corrected chi connectivity index (χ3v) is 7.76. The normalized spacial score (nSPS) is 21.0. The minimum absolute atomic E-state index is 0.00756. The zero-order valence-corrected chi connectivity index (χ0v) is 20.3. The fourth-order valence-corrected chi connectivity index (χ4v) is 5.39. The average Bonchev–Trinajstić information content (AvgIpc) is 3.10. The molecule has 1 aromatic carbocycles. The van der Waals surface area contributed by atoms with Crippen LogP contribution < -0.4 is 10.1 Å². The molecular formula is C25H30N4O4S. The number of likely N-dealkylation sites (tertiary alicyclic amines) is 1. The van der Waals surface area contributed by atoms with E-state index in [1.54, 1.807) is 19.5 Å². The van der Waals surface area contributed by atoms with Crippen molar-refractivity contribution in [2.45, 2.75) is 36.6 Å². The lowest BCUT2D eigenvalue weighted by atomic mass is 9.79. The molecule has 1 N–H and O–H groups in total. The van der Waals surface area contributed by atoms with Crippen LogP contribution in [-0.4, -0.2) is 70.7 Å². The lowest BCUT2D eigenvalue weighted by Gasteiger charge is -2.39. The molecule has 0 saturated carbocycles. The SMILES string of the molecule is COc1ccc(CCN2C(=O)N[C@](C)(C3CCN(C(=O)CSc4ccncc4)CC3)C2=O)cc1. The zero-order chi connectivity index (χ0) is 24.1. The maximum atomic E-state index is 13.3. The number of nitrogens with zero attached hydrogens (tertiary/aromatic N) is 3. The number of amides is 4. The summed E-state index contributed by atoms with van der Waals surface area (Å²) in [4.78, 5) is 46.8. The number of carbonyl (C=O) groups is 3. The van der Waals surface area contributed by atoms with Gasteiger partial charge in [-0.1, -0.05) is 12.1 Å². The Balaban J connectivity index is 1.29. The number of nitrogens with one attached hydrogen (secondary N) is 1. The van der Waals surface area contributed by atoms with Crippen LogP contribution in [0.3, 0.4) is 0 Å². The van der Waals surface area contributed by atoms with E-state index in [0.717, 1.165) is 16.2 Å². The maximum absolute atomic E-state index is 13.3. The van der Waals surface area contributed by atoms with Crippen LogP contribution in [0.15, 0.2) is 53.7 Å². The lowest BCUT2D eigenvalue weighted by Crippen LogP contribution is -2.54. The first-order valence-corrected chi connectivity index (χ1v) is 12.5. The van der Waals surface area contributed by atoms with Gasteiger partial charge in [-0.2, -0.15) is 0 Å². The van der Waals surface area contributed by atoms with Crippen molar-refractivity contribution in [3.05, 3.63) is 54.4 Å². The van der Waals surface area contributed by atoms with E-state index in [4.69, 9.17) is 4.74 Å². The molecule has 180 valence electrons. The molecule has 2 aliphatic heterocycles. The predicted molar refractivity (Wildman–Crippen MR) is 130 cm³/mol. The Bertz CT molecular complexity index is 1020. The van der Waals surface area contributed by atoms with E-state index >= 15 is 0 Å². The molecule has 4 amide bonds. The van der Waals surface area contributed by atoms with Gasteiger partial charge in [-0.15, -0.1) is 11.8 Å². The van der Waals surface area contributed by atoms with Crippen LogP contribution in [0.4, 0.5) is 4.79 Å². The Hall–Kier alpha value is -3.07. The highest BCUT2D eigenvalue weighted by atomic mass is 32.2. The molecule has 0 spiro atoms. The van der Waals surface area contributed by atoms with Crippen LogP contribution in [0.2, 0.25) is 0 Å². The first-order valence-electron chi connectivity index (χ1n) is 11.5. The molecule has 0 bridgehead atoms. The van der Waals surface area contributed by atoms with Crippen molar-refractivity contribution in [1.82, 2.24) is 20.1 Å². The summed E-state index contributed by atoms with van der Waals surface area (Å²) >= 11 is 1.50. The third kappa shape index (κ3) is 5.19. The molecule has 1 aromatic heterocycles. The molecular weight excluding hydrogens is 452 g/mol. The maximum Gasteiger partial charge on any atom is 0.325 e. The molecule has 2 fully saturated rings. The summed E-state index contributed by atoms with van der Waals surface area (Å²) < 4.78 is 5.18. The van der Waals surface area contributed by atoms with Gasteiger partial charge in [0, 0.05) is 36.9 Å². The number of hydrogen-bond acceptors (Lipinski definition) is 6. The van der Waals surface area contributed by atoms with E-state index in [1.165, 1.54) is 16.7 Å². The molecule has 2 saturated heterocycles. The number of pyridine rings is 1. The standard InChI is InChI=1S/C25H30N4O4S/c1-25(19-10-14-28(15-11-19)22(30)17-34-21-7-12-26-13-8-21)23(31)29(24(32)27-25)16-9-18-3-5-20(33-2)6-4-18/h3-8,12-13,19H,9-11,14-17H2,1-2H3,(H,27,32)/t25-/m1/s1. The summed E-state index contributed by atoms with van der Waals surface area (Å²) in [5, 5.41) is 2.95. The van der Waals surface area contributed by atoms with Crippen molar-refractivity contribution in [3.8, 4) is 5.75 Å². The second-order valence-corrected chi connectivity index (χ2v) is 9.86. The van der Waals surface area contributed by atoms with Gasteiger partial charge in [0.15, 0.2) is 0 Å². The van der Waals surface area contributed by atoms with Crippen molar-refractivity contribution in [3.63, 3.8) is 0 Å². The third-order valence-electron chi connectivity index (χ3n) is 6.76. The molecule has 4 rings (SSSR count). The number of benzene rings is 1. The van der Waals surface area contributed by atoms with Crippen molar-refractivity contribution in [1.29, 1.82) is 0 Å². The van der Waals surface area contributed by atoms with Gasteiger partial charge in [-0.05, 0) is 61.9 Å².